The van der Waals surface area contributed by atoms with Crippen LogP contribution in [-0.2, 0) is 16.3 Å². The summed E-state index contributed by atoms with van der Waals surface area (Å²) in [5, 5.41) is 25.6. The average molecular weight is 418 g/mol. The highest BCUT2D eigenvalue weighted by molar-refractivity contribution is 7.90. The number of aliphatic hydroxyl groups is 1. The van der Waals surface area contributed by atoms with Crippen molar-refractivity contribution in [1.29, 1.82) is 5.26 Å². The summed E-state index contributed by atoms with van der Waals surface area (Å²) in [5.41, 5.74) is 1.05. The van der Waals surface area contributed by atoms with E-state index < -0.39 is 9.84 Å². The van der Waals surface area contributed by atoms with Crippen molar-refractivity contribution >= 4 is 21.6 Å². The number of nitriles is 1. The molecule has 0 aliphatic heterocycles. The van der Waals surface area contributed by atoms with Gasteiger partial charge in [-0.25, -0.2) is 13.4 Å². The van der Waals surface area contributed by atoms with Gasteiger partial charge < -0.3 is 15.7 Å². The van der Waals surface area contributed by atoms with Gasteiger partial charge >= 0.3 is 0 Å². The highest BCUT2D eigenvalue weighted by Crippen LogP contribution is 2.42. The molecule has 2 atom stereocenters. The summed E-state index contributed by atoms with van der Waals surface area (Å²) < 4.78 is 23.0. The summed E-state index contributed by atoms with van der Waals surface area (Å²) in [5.74, 6) is 0.851. The fraction of sp³-hybridized carbons (Fsp3) is 0.450. The van der Waals surface area contributed by atoms with Crippen LogP contribution >= 0.6 is 0 Å². The smallest absolute Gasteiger partial charge is 0.224 e. The summed E-state index contributed by atoms with van der Waals surface area (Å²) in [6.07, 6.45) is 3.55. The minimum absolute atomic E-state index is 0. The number of nitrogens with zero attached hydrogens (tertiary/aromatic N) is 3. The van der Waals surface area contributed by atoms with Gasteiger partial charge in [-0.3, -0.25) is 0 Å². The first-order valence-electron chi connectivity index (χ1n) is 9.36. The number of nitrogens with one attached hydrogen (secondary N) is 2. The van der Waals surface area contributed by atoms with Crippen LogP contribution in [0.3, 0.4) is 0 Å². The highest BCUT2D eigenvalue weighted by atomic mass is 32.2. The monoisotopic (exact) mass is 417 g/mol. The molecule has 1 heterocycles. The Kier molecular flexibility index (Phi) is 5.78. The molecule has 29 heavy (non-hydrogen) atoms. The van der Waals surface area contributed by atoms with Crippen LogP contribution in [0.4, 0.5) is 11.8 Å². The number of hydrogen-bond acceptors (Lipinski definition) is 8. The summed E-state index contributed by atoms with van der Waals surface area (Å²) in [7, 11) is -3.20. The Hall–Kier alpha value is -2.70. The molecule has 0 saturated heterocycles. The molecule has 0 bridgehead atoms. The normalized spacial score (nSPS) is 20.4. The van der Waals surface area contributed by atoms with Gasteiger partial charge in [0.15, 0.2) is 9.84 Å². The predicted molar refractivity (Wildman–Crippen MR) is 112 cm³/mol. The third-order valence-corrected chi connectivity index (χ3v) is 6.61. The highest BCUT2D eigenvalue weighted by Gasteiger charge is 2.47. The fourth-order valence-electron chi connectivity index (χ4n) is 3.19. The van der Waals surface area contributed by atoms with Gasteiger partial charge in [-0.15, -0.1) is 0 Å². The van der Waals surface area contributed by atoms with E-state index in [-0.39, 0.29) is 19.0 Å². The van der Waals surface area contributed by atoms with Crippen molar-refractivity contribution in [2.75, 3.05) is 23.4 Å². The zero-order chi connectivity index (χ0) is 21.2. The number of sulfone groups is 1. The minimum atomic E-state index is -3.20. The van der Waals surface area contributed by atoms with Crippen LogP contribution in [0.5, 0.6) is 0 Å². The van der Waals surface area contributed by atoms with Gasteiger partial charge in [-0.05, 0) is 30.5 Å². The summed E-state index contributed by atoms with van der Waals surface area (Å²) >= 11 is 0. The lowest BCUT2D eigenvalue weighted by Crippen LogP contribution is -2.57. The first-order valence-corrected chi connectivity index (χ1v) is 11.2. The Balaban J connectivity index is 0.00000320. The van der Waals surface area contributed by atoms with E-state index >= 15 is 0 Å². The molecule has 8 nitrogen and oxygen atoms in total. The van der Waals surface area contributed by atoms with Crippen LogP contribution in [0.15, 0.2) is 35.4 Å². The van der Waals surface area contributed by atoms with Crippen molar-refractivity contribution < 1.29 is 15.0 Å². The average Bonchev–Trinajstić information content (AvgIpc) is 2.68. The van der Waals surface area contributed by atoms with Crippen LogP contribution in [0.25, 0.3) is 0 Å². The summed E-state index contributed by atoms with van der Waals surface area (Å²) in [6, 6.07) is 8.88. The van der Waals surface area contributed by atoms with Crippen molar-refractivity contribution in [3.8, 4) is 6.07 Å². The van der Waals surface area contributed by atoms with Crippen LogP contribution in [0.2, 0.25) is 0 Å². The Morgan fingerprint density at radius 2 is 2.03 bits per heavy atom. The molecule has 156 valence electrons. The van der Waals surface area contributed by atoms with E-state index in [1.807, 2.05) is 13.8 Å². The van der Waals surface area contributed by atoms with E-state index in [2.05, 4.69) is 26.7 Å². The van der Waals surface area contributed by atoms with Crippen molar-refractivity contribution in [3.05, 3.63) is 41.6 Å². The molecule has 3 rings (SSSR count). The van der Waals surface area contributed by atoms with E-state index in [1.165, 1.54) is 12.5 Å². The number of hydrogen-bond donors (Lipinski definition) is 3. The number of anilines is 2. The first kappa shape index (κ1) is 21.0. The molecular weight excluding hydrogens is 390 g/mol. The lowest BCUT2D eigenvalue weighted by atomic mass is 9.64. The molecule has 1 aliphatic rings. The number of aromatic nitrogens is 2. The summed E-state index contributed by atoms with van der Waals surface area (Å²) in [4.78, 5) is 8.89. The van der Waals surface area contributed by atoms with E-state index in [9.17, 15) is 18.8 Å². The molecular formula is C20H27N5O3S. The molecule has 0 spiro atoms. The Labute approximate surface area is 172 Å². The molecule has 1 fully saturated rings. The SMILES string of the molecule is CC1(C)[C@@H](O)C[C@H]1Nc1nc(NCCc2ccc(S(C)(=O)=O)cc2)ncc1C#N.[HH]. The van der Waals surface area contributed by atoms with Gasteiger partial charge in [0.05, 0.1) is 17.2 Å². The molecule has 0 amide bonds. The summed E-state index contributed by atoms with van der Waals surface area (Å²) in [6.45, 7) is 4.50. The predicted octanol–water partition coefficient (Wildman–Crippen LogP) is 2.22. The lowest BCUT2D eigenvalue weighted by molar-refractivity contribution is -0.0511. The third-order valence-electron chi connectivity index (χ3n) is 5.48. The van der Waals surface area contributed by atoms with E-state index in [0.29, 0.717) is 41.6 Å². The van der Waals surface area contributed by atoms with Gasteiger partial charge in [0.25, 0.3) is 0 Å². The van der Waals surface area contributed by atoms with Gasteiger partial charge in [0, 0.05) is 25.7 Å². The largest absolute Gasteiger partial charge is 0.392 e. The quantitative estimate of drug-likeness (QED) is 0.626. The van der Waals surface area contributed by atoms with Gasteiger partial charge in [0.2, 0.25) is 5.95 Å². The third kappa shape index (κ3) is 4.66. The molecule has 1 saturated carbocycles. The Morgan fingerprint density at radius 1 is 1.34 bits per heavy atom. The van der Waals surface area contributed by atoms with Gasteiger partial charge in [-0.2, -0.15) is 10.2 Å². The maximum Gasteiger partial charge on any atom is 0.224 e. The molecule has 0 radical (unpaired) electrons. The molecule has 9 heteroatoms. The zero-order valence-electron chi connectivity index (χ0n) is 16.7. The number of rotatable bonds is 7. The maximum atomic E-state index is 11.5. The lowest BCUT2D eigenvalue weighted by Gasteiger charge is -2.49. The van der Waals surface area contributed by atoms with Gasteiger partial charge in [-0.1, -0.05) is 26.0 Å². The standard InChI is InChI=1S/C20H25N5O3S.H2/c1-20(2)16(10-17(20)26)24-18-14(11-21)12-23-19(25-18)22-9-8-13-4-6-15(7-5-13)29(3,27)28;/h4-7,12,16-17,26H,8-10H2,1-3H3,(H2,22,23,24,25);1H/t16-,17+;/m1./s1. The van der Waals surface area contributed by atoms with Crippen molar-refractivity contribution in [2.24, 2.45) is 5.41 Å². The van der Waals surface area contributed by atoms with E-state index in [4.69, 9.17) is 0 Å². The zero-order valence-corrected chi connectivity index (χ0v) is 17.5. The Morgan fingerprint density at radius 3 is 2.59 bits per heavy atom. The second kappa shape index (κ2) is 7.97. The molecule has 1 aliphatic carbocycles. The van der Waals surface area contributed by atoms with E-state index in [1.54, 1.807) is 24.3 Å². The van der Waals surface area contributed by atoms with Crippen molar-refractivity contribution in [2.45, 2.75) is 43.7 Å². The van der Waals surface area contributed by atoms with Crippen LogP contribution in [-0.4, -0.2) is 48.4 Å². The van der Waals surface area contributed by atoms with E-state index in [0.717, 1.165) is 5.56 Å². The molecule has 3 N–H and O–H groups in total. The van der Waals surface area contributed by atoms with Gasteiger partial charge in [0.1, 0.15) is 17.5 Å². The molecule has 0 unspecified atom stereocenters. The second-order valence-electron chi connectivity index (χ2n) is 7.93. The van der Waals surface area contributed by atoms with Crippen molar-refractivity contribution in [3.63, 3.8) is 0 Å². The van der Waals surface area contributed by atoms with Crippen LogP contribution < -0.4 is 10.6 Å². The minimum Gasteiger partial charge on any atom is -0.392 e. The van der Waals surface area contributed by atoms with Crippen LogP contribution in [0, 0.1) is 16.7 Å². The van der Waals surface area contributed by atoms with Crippen molar-refractivity contribution in [1.82, 2.24) is 9.97 Å². The van der Waals surface area contributed by atoms with Crippen LogP contribution in [0.1, 0.15) is 32.8 Å². The Bertz CT molecular complexity index is 1040. The number of benzene rings is 1. The second-order valence-corrected chi connectivity index (χ2v) is 9.95. The molecule has 2 aromatic rings. The fourth-order valence-corrected chi connectivity index (χ4v) is 3.82. The molecule has 1 aromatic carbocycles. The number of aliphatic hydroxyl groups excluding tert-OH is 1. The molecule has 1 aromatic heterocycles. The topological polar surface area (TPSA) is 128 Å². The first-order chi connectivity index (χ1) is 13.6. The maximum absolute atomic E-state index is 11.5.